The second-order valence-corrected chi connectivity index (χ2v) is 12.5. The Balaban J connectivity index is 1.37. The fraction of sp³-hybridized carbons (Fsp3) is 0.200. The van der Waals surface area contributed by atoms with Crippen molar-refractivity contribution in [2.75, 3.05) is 36.8 Å². The maximum Gasteiger partial charge on any atom is 0.243 e. The Morgan fingerprint density at radius 2 is 1.20 bits per heavy atom. The van der Waals surface area contributed by atoms with E-state index in [1.165, 1.54) is 16.4 Å². The third-order valence-corrected chi connectivity index (χ3v) is 8.99. The number of sulfonamides is 1. The van der Waals surface area contributed by atoms with Crippen molar-refractivity contribution in [1.29, 1.82) is 0 Å². The van der Waals surface area contributed by atoms with Crippen LogP contribution in [0.1, 0.15) is 11.4 Å². The lowest BCUT2D eigenvalue weighted by atomic mass is 10.1. The third-order valence-electron chi connectivity index (χ3n) is 6.60. The van der Waals surface area contributed by atoms with Crippen LogP contribution in [0.5, 0.6) is 0 Å². The van der Waals surface area contributed by atoms with Crippen LogP contribution in [0.25, 0.3) is 21.8 Å². The predicted octanol–water partition coefficient (Wildman–Crippen LogP) is 7.06. The van der Waals surface area contributed by atoms with Crippen molar-refractivity contribution in [3.05, 3.63) is 100 Å². The zero-order chi connectivity index (χ0) is 29.1. The van der Waals surface area contributed by atoms with Crippen molar-refractivity contribution < 1.29 is 12.8 Å². The Bertz CT molecular complexity index is 1740. The first-order valence-corrected chi connectivity index (χ1v) is 15.2. The summed E-state index contributed by atoms with van der Waals surface area (Å²) in [6.07, 6.45) is 0. The van der Waals surface area contributed by atoms with Crippen LogP contribution in [0.3, 0.4) is 0 Å². The Kier molecular flexibility index (Phi) is 8.60. The number of nitrogens with one attached hydrogen (secondary N) is 2. The maximum atomic E-state index is 13.6. The molecular formula is C30H28Cl2FN5O2S. The number of anilines is 2. The van der Waals surface area contributed by atoms with E-state index in [0.29, 0.717) is 23.1 Å². The van der Waals surface area contributed by atoms with Crippen LogP contribution in [-0.4, -0.2) is 48.9 Å². The summed E-state index contributed by atoms with van der Waals surface area (Å²) in [5.74, 6) is -0.504. The van der Waals surface area contributed by atoms with Gasteiger partial charge in [-0.25, -0.2) is 12.8 Å². The minimum absolute atomic E-state index is 0.0212. The Morgan fingerprint density at radius 3 is 1.66 bits per heavy atom. The quantitative estimate of drug-likeness (QED) is 0.176. The Labute approximate surface area is 248 Å². The molecule has 0 aliphatic heterocycles. The Morgan fingerprint density at radius 1 is 0.732 bits per heavy atom. The molecule has 0 spiro atoms. The SMILES string of the molecule is Cc1cc(NCCN(CCNc2cc(C)nc3ccc(Cl)cc23)S(=O)(=O)c2ccc(F)cc2)c2cc(Cl)ccc2n1. The molecule has 0 aliphatic carbocycles. The van der Waals surface area contributed by atoms with Crippen molar-refractivity contribution in [1.82, 2.24) is 14.3 Å². The lowest BCUT2D eigenvalue weighted by molar-refractivity contribution is 0.433. The summed E-state index contributed by atoms with van der Waals surface area (Å²) in [5, 5.41) is 9.56. The second kappa shape index (κ2) is 12.2. The van der Waals surface area contributed by atoms with Gasteiger partial charge in [0, 0.05) is 69.8 Å². The van der Waals surface area contributed by atoms with E-state index in [-0.39, 0.29) is 18.0 Å². The van der Waals surface area contributed by atoms with Gasteiger partial charge in [0.1, 0.15) is 5.82 Å². The van der Waals surface area contributed by atoms with Gasteiger partial charge in [0.2, 0.25) is 10.0 Å². The summed E-state index contributed by atoms with van der Waals surface area (Å²) in [5.41, 5.74) is 4.84. The van der Waals surface area contributed by atoms with Crippen molar-refractivity contribution >= 4 is 66.4 Å². The number of fused-ring (bicyclic) bond motifs is 2. The molecule has 11 heteroatoms. The van der Waals surface area contributed by atoms with Gasteiger partial charge in [0.05, 0.1) is 15.9 Å². The highest BCUT2D eigenvalue weighted by atomic mass is 35.5. The monoisotopic (exact) mass is 611 g/mol. The van der Waals surface area contributed by atoms with Gasteiger partial charge >= 0.3 is 0 Å². The van der Waals surface area contributed by atoms with Gasteiger partial charge in [-0.1, -0.05) is 23.2 Å². The molecule has 41 heavy (non-hydrogen) atoms. The molecule has 0 saturated heterocycles. The first-order valence-electron chi connectivity index (χ1n) is 13.0. The molecule has 3 aromatic carbocycles. The molecule has 0 fully saturated rings. The highest BCUT2D eigenvalue weighted by molar-refractivity contribution is 7.89. The smallest absolute Gasteiger partial charge is 0.243 e. The number of hydrogen-bond donors (Lipinski definition) is 2. The molecule has 5 rings (SSSR count). The topological polar surface area (TPSA) is 87.2 Å². The zero-order valence-electron chi connectivity index (χ0n) is 22.5. The first kappa shape index (κ1) is 29.0. The number of nitrogens with zero attached hydrogens (tertiary/aromatic N) is 3. The first-order chi connectivity index (χ1) is 19.6. The molecular weight excluding hydrogens is 584 g/mol. The number of benzene rings is 3. The van der Waals surface area contributed by atoms with Crippen LogP contribution < -0.4 is 10.6 Å². The minimum Gasteiger partial charge on any atom is -0.383 e. The normalized spacial score (nSPS) is 11.9. The molecule has 5 aromatic rings. The van der Waals surface area contributed by atoms with Crippen molar-refractivity contribution in [3.63, 3.8) is 0 Å². The molecule has 2 N–H and O–H groups in total. The molecule has 0 amide bonds. The number of rotatable bonds is 10. The molecule has 2 aromatic heterocycles. The molecule has 7 nitrogen and oxygen atoms in total. The number of pyridine rings is 2. The van der Waals surface area contributed by atoms with Gasteiger partial charge in [-0.05, 0) is 86.6 Å². The van der Waals surface area contributed by atoms with Crippen molar-refractivity contribution in [2.24, 2.45) is 0 Å². The number of halogens is 3. The van der Waals surface area contributed by atoms with Gasteiger partial charge in [-0.2, -0.15) is 4.31 Å². The van der Waals surface area contributed by atoms with E-state index in [9.17, 15) is 12.8 Å². The van der Waals surface area contributed by atoms with E-state index in [1.807, 2.05) is 50.2 Å². The fourth-order valence-electron chi connectivity index (χ4n) is 4.69. The number of hydrogen-bond acceptors (Lipinski definition) is 6. The van der Waals surface area contributed by atoms with Gasteiger partial charge < -0.3 is 10.6 Å². The van der Waals surface area contributed by atoms with Crippen molar-refractivity contribution in [3.8, 4) is 0 Å². The molecule has 0 atom stereocenters. The van der Waals surface area contributed by atoms with Crippen LogP contribution >= 0.6 is 23.2 Å². The summed E-state index contributed by atoms with van der Waals surface area (Å²) >= 11 is 12.5. The average molecular weight is 613 g/mol. The van der Waals surface area contributed by atoms with Gasteiger partial charge in [0.25, 0.3) is 0 Å². The number of aryl methyl sites for hydroxylation is 2. The van der Waals surface area contributed by atoms with Crippen LogP contribution in [0, 0.1) is 19.7 Å². The van der Waals surface area contributed by atoms with Crippen LogP contribution in [0.15, 0.2) is 77.7 Å². The highest BCUT2D eigenvalue weighted by Gasteiger charge is 2.24. The van der Waals surface area contributed by atoms with Gasteiger partial charge in [-0.3, -0.25) is 9.97 Å². The van der Waals surface area contributed by atoms with E-state index in [0.717, 1.165) is 56.7 Å². The van der Waals surface area contributed by atoms with Crippen LogP contribution in [-0.2, 0) is 10.0 Å². The summed E-state index contributed by atoms with van der Waals surface area (Å²) in [7, 11) is -3.92. The molecule has 0 aliphatic rings. The second-order valence-electron chi connectivity index (χ2n) is 9.66. The molecule has 0 unspecified atom stereocenters. The summed E-state index contributed by atoms with van der Waals surface area (Å²) in [6, 6.07) is 19.6. The third kappa shape index (κ3) is 6.70. The zero-order valence-corrected chi connectivity index (χ0v) is 24.8. The van der Waals surface area contributed by atoms with E-state index in [4.69, 9.17) is 23.2 Å². The molecule has 2 heterocycles. The van der Waals surface area contributed by atoms with Crippen LogP contribution in [0.4, 0.5) is 15.8 Å². The molecule has 0 radical (unpaired) electrons. The molecule has 0 saturated carbocycles. The van der Waals surface area contributed by atoms with E-state index in [2.05, 4.69) is 20.6 Å². The summed E-state index contributed by atoms with van der Waals surface area (Å²) in [6.45, 7) is 4.75. The largest absolute Gasteiger partial charge is 0.383 e. The fourth-order valence-corrected chi connectivity index (χ4v) is 6.48. The summed E-state index contributed by atoms with van der Waals surface area (Å²) < 4.78 is 42.2. The average Bonchev–Trinajstić information content (AvgIpc) is 2.93. The lowest BCUT2D eigenvalue weighted by Crippen LogP contribution is -2.38. The Hall–Kier alpha value is -3.50. The number of aromatic nitrogens is 2. The van der Waals surface area contributed by atoms with Crippen molar-refractivity contribution in [2.45, 2.75) is 18.7 Å². The predicted molar refractivity (Wildman–Crippen MR) is 165 cm³/mol. The van der Waals surface area contributed by atoms with Gasteiger partial charge in [-0.15, -0.1) is 0 Å². The minimum atomic E-state index is -3.92. The van der Waals surface area contributed by atoms with Crippen LogP contribution in [0.2, 0.25) is 10.0 Å². The molecule has 212 valence electrons. The lowest BCUT2D eigenvalue weighted by Gasteiger charge is -2.24. The molecule has 0 bridgehead atoms. The standard InChI is InChI=1S/C30H28Cl2FN5O2S/c1-19-15-29(25-17-21(31)3-9-27(25)36-19)34-11-13-38(41(39,40)24-7-5-23(33)6-8-24)14-12-35-30-16-20(2)37-28-10-4-22(32)18-26(28)30/h3-10,15-18H,11-14H2,1-2H3,(H,34,36)(H,35,37). The van der Waals surface area contributed by atoms with Gasteiger partial charge in [0.15, 0.2) is 0 Å². The van der Waals surface area contributed by atoms with E-state index >= 15 is 0 Å². The van der Waals surface area contributed by atoms with E-state index < -0.39 is 15.8 Å². The summed E-state index contributed by atoms with van der Waals surface area (Å²) in [4.78, 5) is 9.13. The maximum absolute atomic E-state index is 13.6. The van der Waals surface area contributed by atoms with E-state index in [1.54, 1.807) is 12.1 Å². The highest BCUT2D eigenvalue weighted by Crippen LogP contribution is 2.28.